The summed E-state index contributed by atoms with van der Waals surface area (Å²) in [6.45, 7) is 1.86. The molecule has 0 atom stereocenters. The van der Waals surface area contributed by atoms with Gasteiger partial charge in [-0.2, -0.15) is 0 Å². The fraction of sp³-hybridized carbons (Fsp3) is 0.0769. The first-order valence-corrected chi connectivity index (χ1v) is 12.4. The molecule has 1 fully saturated rings. The van der Waals surface area contributed by atoms with Gasteiger partial charge in [0.2, 0.25) is 5.91 Å². The summed E-state index contributed by atoms with van der Waals surface area (Å²) in [5.74, 6) is -1.69. The van der Waals surface area contributed by atoms with Crippen LogP contribution in [-0.4, -0.2) is 33.5 Å². The number of anilines is 2. The zero-order chi connectivity index (χ0) is 26.5. The predicted octanol–water partition coefficient (Wildman–Crippen LogP) is 4.47. The first kappa shape index (κ1) is 25.7. The molecule has 0 saturated carbocycles. The molecule has 3 aromatic rings. The minimum Gasteiger partial charge on any atom is -0.325 e. The van der Waals surface area contributed by atoms with Crippen molar-refractivity contribution in [3.8, 4) is 0 Å². The molecule has 1 saturated heterocycles. The van der Waals surface area contributed by atoms with Crippen molar-refractivity contribution in [3.63, 3.8) is 0 Å². The SMILES string of the molecule is Cc1cccc(N2C(=O)/C(=C/c3ccc(SCC(=O)Nc4ccccc4)c([N+](=O)[O-])c3)C(=O)NC2=S)c1. The van der Waals surface area contributed by atoms with Gasteiger partial charge in [-0.15, -0.1) is 11.8 Å². The normalized spacial score (nSPS) is 14.5. The standard InChI is InChI=1S/C26H20N4O5S2/c1-16-6-5-9-19(12-16)29-25(33)20(24(32)28-26(29)36)13-17-10-11-22(21(14-17)30(34)35)37-15-23(31)27-18-7-3-2-4-8-18/h2-14H,15H2,1H3,(H,27,31)(H,28,32,36)/b20-13+. The molecule has 3 aromatic carbocycles. The number of aryl methyl sites for hydroxylation is 1. The van der Waals surface area contributed by atoms with Gasteiger partial charge in [0, 0.05) is 11.8 Å². The smallest absolute Gasteiger partial charge is 0.283 e. The second-order valence-corrected chi connectivity index (χ2v) is 9.39. The van der Waals surface area contributed by atoms with E-state index >= 15 is 0 Å². The monoisotopic (exact) mass is 532 g/mol. The molecule has 0 aliphatic carbocycles. The number of nitrogens with one attached hydrogen (secondary N) is 2. The van der Waals surface area contributed by atoms with Crippen LogP contribution in [0.5, 0.6) is 0 Å². The maximum absolute atomic E-state index is 13.2. The number of carbonyl (C=O) groups is 3. The number of nitro groups is 1. The van der Waals surface area contributed by atoms with Gasteiger partial charge in [0.15, 0.2) is 5.11 Å². The van der Waals surface area contributed by atoms with E-state index in [2.05, 4.69) is 10.6 Å². The summed E-state index contributed by atoms with van der Waals surface area (Å²) >= 11 is 6.22. The molecule has 11 heteroatoms. The number of nitrogens with zero attached hydrogens (tertiary/aromatic N) is 2. The Balaban J connectivity index is 1.56. The Hall–Kier alpha value is -4.35. The van der Waals surface area contributed by atoms with E-state index in [4.69, 9.17) is 12.2 Å². The lowest BCUT2D eigenvalue weighted by molar-refractivity contribution is -0.387. The van der Waals surface area contributed by atoms with E-state index < -0.39 is 16.7 Å². The van der Waals surface area contributed by atoms with Gasteiger partial charge in [0.25, 0.3) is 17.5 Å². The van der Waals surface area contributed by atoms with Crippen molar-refractivity contribution < 1.29 is 19.3 Å². The minimum absolute atomic E-state index is 0.0417. The molecule has 186 valence electrons. The quantitative estimate of drug-likeness (QED) is 0.115. The molecule has 1 aliphatic rings. The van der Waals surface area contributed by atoms with Crippen LogP contribution < -0.4 is 15.5 Å². The van der Waals surface area contributed by atoms with Gasteiger partial charge in [0.05, 0.1) is 21.3 Å². The van der Waals surface area contributed by atoms with Crippen LogP contribution in [0.1, 0.15) is 11.1 Å². The number of carbonyl (C=O) groups excluding carboxylic acids is 3. The van der Waals surface area contributed by atoms with Crippen LogP contribution in [0.2, 0.25) is 0 Å². The Morgan fingerprint density at radius 1 is 1.11 bits per heavy atom. The fourth-order valence-corrected chi connectivity index (χ4v) is 4.66. The second kappa shape index (κ2) is 11.1. The van der Waals surface area contributed by atoms with Crippen molar-refractivity contribution >= 4 is 70.0 Å². The van der Waals surface area contributed by atoms with Crippen LogP contribution in [-0.2, 0) is 14.4 Å². The highest BCUT2D eigenvalue weighted by Gasteiger charge is 2.34. The van der Waals surface area contributed by atoms with Crippen molar-refractivity contribution in [1.82, 2.24) is 5.32 Å². The van der Waals surface area contributed by atoms with Crippen LogP contribution in [0.15, 0.2) is 83.3 Å². The molecule has 0 bridgehead atoms. The molecule has 1 heterocycles. The molecule has 0 unspecified atom stereocenters. The zero-order valence-corrected chi connectivity index (χ0v) is 21.1. The van der Waals surface area contributed by atoms with Crippen molar-refractivity contribution in [2.75, 3.05) is 16.0 Å². The highest BCUT2D eigenvalue weighted by Crippen LogP contribution is 2.31. The van der Waals surface area contributed by atoms with Crippen LogP contribution in [0, 0.1) is 17.0 Å². The van der Waals surface area contributed by atoms with E-state index in [0.717, 1.165) is 17.3 Å². The third-order valence-corrected chi connectivity index (χ3v) is 6.62. The van der Waals surface area contributed by atoms with E-state index in [1.54, 1.807) is 48.5 Å². The van der Waals surface area contributed by atoms with E-state index in [0.29, 0.717) is 11.4 Å². The van der Waals surface area contributed by atoms with Crippen molar-refractivity contribution in [2.24, 2.45) is 0 Å². The molecule has 37 heavy (non-hydrogen) atoms. The van der Waals surface area contributed by atoms with Gasteiger partial charge in [-0.1, -0.05) is 36.4 Å². The summed E-state index contributed by atoms with van der Waals surface area (Å²) < 4.78 is 0. The topological polar surface area (TPSA) is 122 Å². The largest absolute Gasteiger partial charge is 0.325 e. The summed E-state index contributed by atoms with van der Waals surface area (Å²) in [5, 5.41) is 16.9. The Bertz CT molecular complexity index is 1460. The molecule has 3 amide bonds. The Morgan fingerprint density at radius 3 is 2.57 bits per heavy atom. The van der Waals surface area contributed by atoms with Crippen LogP contribution in [0.4, 0.5) is 17.1 Å². The van der Waals surface area contributed by atoms with E-state index in [-0.39, 0.29) is 38.5 Å². The number of hydrogen-bond donors (Lipinski definition) is 2. The molecule has 9 nitrogen and oxygen atoms in total. The minimum atomic E-state index is -0.697. The molecular weight excluding hydrogens is 512 g/mol. The lowest BCUT2D eigenvalue weighted by Crippen LogP contribution is -2.54. The molecule has 1 aliphatic heterocycles. The number of thiocarbonyl (C=S) groups is 1. The van der Waals surface area contributed by atoms with E-state index in [1.807, 2.05) is 19.1 Å². The highest BCUT2D eigenvalue weighted by molar-refractivity contribution is 8.00. The summed E-state index contributed by atoms with van der Waals surface area (Å²) in [4.78, 5) is 50.7. The lowest BCUT2D eigenvalue weighted by atomic mass is 10.1. The number of benzene rings is 3. The Labute approximate surface area is 221 Å². The van der Waals surface area contributed by atoms with Gasteiger partial charge in [-0.3, -0.25) is 34.7 Å². The van der Waals surface area contributed by atoms with Crippen molar-refractivity contribution in [3.05, 3.63) is 99.6 Å². The Morgan fingerprint density at radius 2 is 1.86 bits per heavy atom. The summed E-state index contributed by atoms with van der Waals surface area (Å²) in [6.07, 6.45) is 1.28. The average Bonchev–Trinajstić information content (AvgIpc) is 2.86. The van der Waals surface area contributed by atoms with Gasteiger partial charge >= 0.3 is 0 Å². The molecule has 0 spiro atoms. The van der Waals surface area contributed by atoms with Crippen molar-refractivity contribution in [2.45, 2.75) is 11.8 Å². The molecule has 0 radical (unpaired) electrons. The van der Waals surface area contributed by atoms with Crippen LogP contribution >= 0.6 is 24.0 Å². The lowest BCUT2D eigenvalue weighted by Gasteiger charge is -2.29. The molecule has 2 N–H and O–H groups in total. The van der Waals surface area contributed by atoms with Crippen molar-refractivity contribution in [1.29, 1.82) is 0 Å². The van der Waals surface area contributed by atoms with Gasteiger partial charge in [-0.25, -0.2) is 0 Å². The highest BCUT2D eigenvalue weighted by atomic mass is 32.2. The zero-order valence-electron chi connectivity index (χ0n) is 19.5. The number of nitro benzene ring substituents is 1. The van der Waals surface area contributed by atoms with E-state index in [1.165, 1.54) is 23.1 Å². The van der Waals surface area contributed by atoms with Gasteiger partial charge in [-0.05, 0) is 66.7 Å². The summed E-state index contributed by atoms with van der Waals surface area (Å²) in [7, 11) is 0. The summed E-state index contributed by atoms with van der Waals surface area (Å²) in [6, 6.07) is 20.2. The first-order chi connectivity index (χ1) is 17.7. The number of hydrogen-bond acceptors (Lipinski definition) is 7. The third kappa shape index (κ3) is 6.08. The van der Waals surface area contributed by atoms with Crippen LogP contribution in [0.3, 0.4) is 0 Å². The van der Waals surface area contributed by atoms with Crippen LogP contribution in [0.25, 0.3) is 6.08 Å². The maximum atomic E-state index is 13.2. The first-order valence-electron chi connectivity index (χ1n) is 11.0. The number of rotatable bonds is 7. The summed E-state index contributed by atoms with van der Waals surface area (Å²) in [5.41, 5.74) is 1.83. The average molecular weight is 533 g/mol. The number of amides is 3. The maximum Gasteiger partial charge on any atom is 0.283 e. The predicted molar refractivity (Wildman–Crippen MR) is 146 cm³/mol. The van der Waals surface area contributed by atoms with E-state index in [9.17, 15) is 24.5 Å². The molecular formula is C26H20N4O5S2. The molecule has 0 aromatic heterocycles. The number of thioether (sulfide) groups is 1. The van der Waals surface area contributed by atoms with Gasteiger partial charge in [0.1, 0.15) is 5.57 Å². The Kier molecular flexibility index (Phi) is 7.75. The number of para-hydroxylation sites is 1. The third-order valence-electron chi connectivity index (χ3n) is 5.27. The van der Waals surface area contributed by atoms with Gasteiger partial charge < -0.3 is 5.32 Å². The fourth-order valence-electron chi connectivity index (χ4n) is 3.58. The molecule has 4 rings (SSSR count). The second-order valence-electron chi connectivity index (χ2n) is 7.98.